The Labute approximate surface area is 146 Å². The summed E-state index contributed by atoms with van der Waals surface area (Å²) in [5, 5.41) is 13.8. The third kappa shape index (κ3) is 3.94. The van der Waals surface area contributed by atoms with Gasteiger partial charge < -0.3 is 5.32 Å². The summed E-state index contributed by atoms with van der Waals surface area (Å²) in [6.07, 6.45) is 3.56. The zero-order chi connectivity index (χ0) is 17.8. The normalized spacial score (nSPS) is 19.8. The Bertz CT molecular complexity index is 797. The summed E-state index contributed by atoms with van der Waals surface area (Å²) < 4.78 is 0. The lowest BCUT2D eigenvalue weighted by Gasteiger charge is -2.30. The van der Waals surface area contributed by atoms with Gasteiger partial charge in [-0.3, -0.25) is 14.9 Å². The zero-order valence-electron chi connectivity index (χ0n) is 14.0. The summed E-state index contributed by atoms with van der Waals surface area (Å²) in [7, 11) is 0. The van der Waals surface area contributed by atoms with Crippen molar-refractivity contribution >= 4 is 17.3 Å². The predicted molar refractivity (Wildman–Crippen MR) is 97.4 cm³/mol. The van der Waals surface area contributed by atoms with Crippen molar-refractivity contribution in [2.75, 3.05) is 5.32 Å². The largest absolute Gasteiger partial charge is 0.326 e. The molecule has 5 heteroatoms. The van der Waals surface area contributed by atoms with Crippen LogP contribution in [-0.4, -0.2) is 10.8 Å². The molecule has 1 N–H and O–H groups in total. The molecule has 1 amide bonds. The van der Waals surface area contributed by atoms with Crippen LogP contribution in [0.25, 0.3) is 0 Å². The van der Waals surface area contributed by atoms with Gasteiger partial charge in [0.2, 0.25) is 5.91 Å². The van der Waals surface area contributed by atoms with Crippen LogP contribution in [0.3, 0.4) is 0 Å². The number of benzene rings is 2. The van der Waals surface area contributed by atoms with E-state index in [-0.39, 0.29) is 23.4 Å². The molecule has 0 heterocycles. The Hall–Kier alpha value is -2.95. The lowest BCUT2D eigenvalue weighted by atomic mass is 9.75. The lowest BCUT2D eigenvalue weighted by Crippen LogP contribution is -2.30. The van der Waals surface area contributed by atoms with Crippen LogP contribution < -0.4 is 5.32 Å². The number of nitrogens with zero attached hydrogens (tertiary/aromatic N) is 1. The average molecular weight is 336 g/mol. The molecule has 0 aromatic heterocycles. The second kappa shape index (κ2) is 7.30. The number of carbonyl (C=O) groups is 1. The molecule has 1 aliphatic carbocycles. The van der Waals surface area contributed by atoms with Crippen LogP contribution in [0.15, 0.2) is 66.2 Å². The fourth-order valence-electron chi connectivity index (χ4n) is 3.30. The number of non-ortho nitro benzene ring substituents is 1. The number of nitrogens with one attached hydrogen (secondary N) is 1. The Morgan fingerprint density at radius 1 is 1.12 bits per heavy atom. The summed E-state index contributed by atoms with van der Waals surface area (Å²) in [6, 6.07) is 16.0. The van der Waals surface area contributed by atoms with E-state index >= 15 is 0 Å². The molecule has 2 aromatic carbocycles. The van der Waals surface area contributed by atoms with Gasteiger partial charge in [0.25, 0.3) is 5.69 Å². The summed E-state index contributed by atoms with van der Waals surface area (Å²) in [5.41, 5.74) is 3.05. The Morgan fingerprint density at radius 2 is 1.80 bits per heavy atom. The standard InChI is InChI=1S/C20H20N2O3/c1-14-7-12-18(20(23)21-16-5-3-2-4-6-16)19(13-14)15-8-10-17(11-9-15)22(24)25/h2-11,18-19H,12-13H2,1H3,(H,21,23)/t18-,19-/m0/s1. The molecule has 5 nitrogen and oxygen atoms in total. The van der Waals surface area contributed by atoms with Gasteiger partial charge in [0.15, 0.2) is 0 Å². The van der Waals surface area contributed by atoms with Gasteiger partial charge in [0, 0.05) is 23.7 Å². The van der Waals surface area contributed by atoms with Crippen molar-refractivity contribution in [2.45, 2.75) is 25.7 Å². The van der Waals surface area contributed by atoms with Crippen molar-refractivity contribution in [3.63, 3.8) is 0 Å². The van der Waals surface area contributed by atoms with E-state index in [2.05, 4.69) is 18.3 Å². The quantitative estimate of drug-likeness (QED) is 0.501. The van der Waals surface area contributed by atoms with E-state index in [1.54, 1.807) is 12.1 Å². The molecule has 0 saturated heterocycles. The van der Waals surface area contributed by atoms with Crippen LogP contribution in [-0.2, 0) is 4.79 Å². The first-order chi connectivity index (χ1) is 12.0. The van der Waals surface area contributed by atoms with Crippen LogP contribution in [0.4, 0.5) is 11.4 Å². The highest BCUT2D eigenvalue weighted by Crippen LogP contribution is 2.38. The summed E-state index contributed by atoms with van der Waals surface area (Å²) >= 11 is 0. The number of nitro groups is 1. The van der Waals surface area contributed by atoms with E-state index in [1.807, 2.05) is 30.3 Å². The van der Waals surface area contributed by atoms with Crippen LogP contribution in [0.2, 0.25) is 0 Å². The number of nitro benzene ring substituents is 1. The van der Waals surface area contributed by atoms with E-state index in [1.165, 1.54) is 17.7 Å². The van der Waals surface area contributed by atoms with E-state index in [4.69, 9.17) is 0 Å². The van der Waals surface area contributed by atoms with Crippen LogP contribution in [0.5, 0.6) is 0 Å². The monoisotopic (exact) mass is 336 g/mol. The van der Waals surface area contributed by atoms with Crippen LogP contribution in [0, 0.1) is 16.0 Å². The molecule has 0 radical (unpaired) electrons. The minimum Gasteiger partial charge on any atom is -0.326 e. The van der Waals surface area contributed by atoms with Crippen molar-refractivity contribution in [2.24, 2.45) is 5.92 Å². The van der Waals surface area contributed by atoms with Gasteiger partial charge in [-0.2, -0.15) is 0 Å². The minimum atomic E-state index is -0.407. The number of hydrogen-bond acceptors (Lipinski definition) is 3. The first-order valence-corrected chi connectivity index (χ1v) is 8.30. The number of amides is 1. The Balaban J connectivity index is 1.83. The molecular formula is C20H20N2O3. The third-order valence-corrected chi connectivity index (χ3v) is 4.66. The van der Waals surface area contributed by atoms with E-state index in [9.17, 15) is 14.9 Å². The number of allylic oxidation sites excluding steroid dienone is 2. The van der Waals surface area contributed by atoms with Gasteiger partial charge in [-0.05, 0) is 43.4 Å². The fourth-order valence-corrected chi connectivity index (χ4v) is 3.30. The van der Waals surface area contributed by atoms with Gasteiger partial charge >= 0.3 is 0 Å². The smallest absolute Gasteiger partial charge is 0.269 e. The second-order valence-electron chi connectivity index (χ2n) is 6.41. The predicted octanol–water partition coefficient (Wildman–Crippen LogP) is 4.67. The van der Waals surface area contributed by atoms with Gasteiger partial charge in [0.1, 0.15) is 0 Å². The summed E-state index contributed by atoms with van der Waals surface area (Å²) in [5.74, 6) is -0.182. The van der Waals surface area contributed by atoms with Crippen molar-refractivity contribution in [3.05, 3.63) is 81.9 Å². The number of anilines is 1. The highest BCUT2D eigenvalue weighted by molar-refractivity contribution is 5.93. The lowest BCUT2D eigenvalue weighted by molar-refractivity contribution is -0.384. The second-order valence-corrected chi connectivity index (χ2v) is 6.41. The highest BCUT2D eigenvalue weighted by atomic mass is 16.6. The molecule has 0 spiro atoms. The third-order valence-electron chi connectivity index (χ3n) is 4.66. The maximum absolute atomic E-state index is 12.8. The van der Waals surface area contributed by atoms with Crippen LogP contribution >= 0.6 is 0 Å². The molecule has 0 unspecified atom stereocenters. The van der Waals surface area contributed by atoms with E-state index in [0.29, 0.717) is 6.42 Å². The highest BCUT2D eigenvalue weighted by Gasteiger charge is 2.32. The maximum Gasteiger partial charge on any atom is 0.269 e. The number of carbonyl (C=O) groups excluding carboxylic acids is 1. The first-order valence-electron chi connectivity index (χ1n) is 8.30. The molecule has 128 valence electrons. The molecule has 25 heavy (non-hydrogen) atoms. The average Bonchev–Trinajstić information content (AvgIpc) is 2.62. The SMILES string of the molecule is CC1=CC[C@H](C(=O)Nc2ccccc2)[C@H](c2ccc([N+](=O)[O-])cc2)C1. The van der Waals surface area contributed by atoms with Gasteiger partial charge in [0.05, 0.1) is 4.92 Å². The number of rotatable bonds is 4. The topological polar surface area (TPSA) is 72.2 Å². The number of para-hydroxylation sites is 1. The summed E-state index contributed by atoms with van der Waals surface area (Å²) in [6.45, 7) is 2.06. The molecule has 3 rings (SSSR count). The van der Waals surface area contributed by atoms with Gasteiger partial charge in [-0.25, -0.2) is 0 Å². The minimum absolute atomic E-state index is 0.0155. The Morgan fingerprint density at radius 3 is 2.44 bits per heavy atom. The zero-order valence-corrected chi connectivity index (χ0v) is 14.0. The van der Waals surface area contributed by atoms with E-state index in [0.717, 1.165) is 17.7 Å². The molecular weight excluding hydrogens is 316 g/mol. The molecule has 0 saturated carbocycles. The Kier molecular flexibility index (Phi) is 4.93. The van der Waals surface area contributed by atoms with Crippen molar-refractivity contribution in [1.82, 2.24) is 0 Å². The van der Waals surface area contributed by atoms with Crippen molar-refractivity contribution in [1.29, 1.82) is 0 Å². The molecule has 1 aliphatic rings. The van der Waals surface area contributed by atoms with Crippen molar-refractivity contribution < 1.29 is 9.72 Å². The first kappa shape index (κ1) is 16.9. The fraction of sp³-hybridized carbons (Fsp3) is 0.250. The molecule has 2 atom stereocenters. The molecule has 2 aromatic rings. The van der Waals surface area contributed by atoms with Crippen LogP contribution in [0.1, 0.15) is 31.2 Å². The molecule has 0 aliphatic heterocycles. The van der Waals surface area contributed by atoms with Gasteiger partial charge in [-0.15, -0.1) is 0 Å². The van der Waals surface area contributed by atoms with E-state index < -0.39 is 4.92 Å². The van der Waals surface area contributed by atoms with Crippen molar-refractivity contribution in [3.8, 4) is 0 Å². The summed E-state index contributed by atoms with van der Waals surface area (Å²) in [4.78, 5) is 23.2. The molecule has 0 fully saturated rings. The molecule has 0 bridgehead atoms. The number of hydrogen-bond donors (Lipinski definition) is 1. The van der Waals surface area contributed by atoms with Gasteiger partial charge in [-0.1, -0.05) is 42.0 Å². The maximum atomic E-state index is 12.8.